The van der Waals surface area contributed by atoms with Crippen molar-refractivity contribution in [2.24, 2.45) is 16.8 Å². The minimum Gasteiger partial charge on any atom is -0.378 e. The third kappa shape index (κ3) is 5.69. The number of aliphatic hydroxyl groups excluding tert-OH is 1. The maximum Gasteiger partial charge on any atom is 0.253 e. The van der Waals surface area contributed by atoms with E-state index in [1.165, 1.54) is 0 Å². The number of nitrogens with one attached hydrogen (secondary N) is 3. The number of hydrogen-bond donors (Lipinski definition) is 4. The lowest BCUT2D eigenvalue weighted by atomic mass is 9.67. The molecular formula is C36H46N8O3. The van der Waals surface area contributed by atoms with Crippen LogP contribution in [0.1, 0.15) is 64.9 Å². The first kappa shape index (κ1) is 32.7. The molecule has 47 heavy (non-hydrogen) atoms. The SMILES string of the molecule is C=C(c1ccc2c(c1)CCc1cc(C(=O)N(C)C)ccc1C2(C[C@H](C)NCC(=O)N1C(C#N)C[C@@H]2[C@H](C)[C@@H]21)C1=NC(O)NN1)N(C)C. The van der Waals surface area contributed by atoms with Gasteiger partial charge in [0.25, 0.3) is 5.91 Å². The van der Waals surface area contributed by atoms with E-state index in [4.69, 9.17) is 0 Å². The molecule has 7 atom stereocenters. The van der Waals surface area contributed by atoms with Gasteiger partial charge in [-0.2, -0.15) is 10.7 Å². The second-order valence-corrected chi connectivity index (χ2v) is 14.0. The number of aliphatic hydroxyl groups is 1. The van der Waals surface area contributed by atoms with E-state index >= 15 is 0 Å². The van der Waals surface area contributed by atoms with Crippen molar-refractivity contribution in [2.75, 3.05) is 34.7 Å². The number of amidine groups is 1. The standard InChI is InChI=1S/C36H46N8O3/c1-20(38-19-31(45)44-27(18-37)16-28-21(2)32(28)44)17-36(34-39-35(47)41-40-34)29-12-10-23(22(3)42(4)5)14-24(29)8-9-25-15-26(11-13-30(25)36)33(46)43(6)7/h10-15,20-21,27-28,32,35,38,41,47H,3,8-9,16-17,19H2,1-2,4-7H3,(H,39,40)/t20-,21-,27?,28+,32-,35?,36?/m0/s1. The summed E-state index contributed by atoms with van der Waals surface area (Å²) in [4.78, 5) is 36.6. The number of amides is 2. The summed E-state index contributed by atoms with van der Waals surface area (Å²) in [6, 6.07) is 14.2. The normalized spacial score (nSPS) is 27.7. The van der Waals surface area contributed by atoms with Gasteiger partial charge in [0.05, 0.1) is 18.0 Å². The highest BCUT2D eigenvalue weighted by Gasteiger charge is 2.60. The number of carbonyl (C=O) groups excluding carboxylic acids is 2. The average molecular weight is 639 g/mol. The molecule has 0 bridgehead atoms. The second-order valence-electron chi connectivity index (χ2n) is 14.0. The summed E-state index contributed by atoms with van der Waals surface area (Å²) in [5.74, 6) is 1.30. The summed E-state index contributed by atoms with van der Waals surface area (Å²) in [5.41, 5.74) is 11.9. The van der Waals surface area contributed by atoms with Crippen LogP contribution in [0.2, 0.25) is 0 Å². The molecule has 11 heteroatoms. The van der Waals surface area contributed by atoms with Crippen LogP contribution >= 0.6 is 0 Å². The van der Waals surface area contributed by atoms with E-state index in [-0.39, 0.29) is 36.5 Å². The van der Waals surface area contributed by atoms with Gasteiger partial charge >= 0.3 is 0 Å². The molecule has 0 spiro atoms. The number of aliphatic imine (C=N–C) groups is 1. The third-order valence-corrected chi connectivity index (χ3v) is 10.6. The summed E-state index contributed by atoms with van der Waals surface area (Å²) in [5, 5.41) is 23.8. The molecule has 0 radical (unpaired) electrons. The molecule has 2 heterocycles. The minimum absolute atomic E-state index is 0.0527. The fraction of sp³-hybridized carbons (Fsp3) is 0.500. The predicted molar refractivity (Wildman–Crippen MR) is 181 cm³/mol. The summed E-state index contributed by atoms with van der Waals surface area (Å²) in [6.07, 6.45) is 1.55. The van der Waals surface area contributed by atoms with Crippen molar-refractivity contribution in [3.63, 3.8) is 0 Å². The van der Waals surface area contributed by atoms with Crippen LogP contribution in [-0.4, -0.2) is 96.7 Å². The fourth-order valence-electron chi connectivity index (χ4n) is 8.04. The zero-order valence-corrected chi connectivity index (χ0v) is 28.2. The lowest BCUT2D eigenvalue weighted by Gasteiger charge is -2.39. The van der Waals surface area contributed by atoms with Gasteiger partial charge in [-0.25, -0.2) is 4.99 Å². The molecule has 4 N–H and O–H groups in total. The van der Waals surface area contributed by atoms with Crippen LogP contribution in [0.25, 0.3) is 5.70 Å². The average Bonchev–Trinajstić information content (AvgIpc) is 3.34. The number of piperidine rings is 1. The van der Waals surface area contributed by atoms with Crippen LogP contribution < -0.4 is 16.2 Å². The Balaban J connectivity index is 1.42. The topological polar surface area (TPSA) is 136 Å². The number of aryl methyl sites for hydroxylation is 2. The van der Waals surface area contributed by atoms with Gasteiger partial charge < -0.3 is 30.5 Å². The van der Waals surface area contributed by atoms with Gasteiger partial charge in [-0.05, 0) is 90.5 Å². The zero-order chi connectivity index (χ0) is 33.8. The Morgan fingerprint density at radius 3 is 2.34 bits per heavy atom. The fourth-order valence-corrected chi connectivity index (χ4v) is 8.04. The van der Waals surface area contributed by atoms with Gasteiger partial charge in [0, 0.05) is 51.5 Å². The van der Waals surface area contributed by atoms with E-state index in [0.717, 1.165) is 46.4 Å². The maximum atomic E-state index is 13.5. The molecule has 11 nitrogen and oxygen atoms in total. The van der Waals surface area contributed by atoms with E-state index in [9.17, 15) is 20.0 Å². The highest BCUT2D eigenvalue weighted by molar-refractivity contribution is 5.99. The highest BCUT2D eigenvalue weighted by Crippen LogP contribution is 2.53. The molecule has 4 aliphatic rings. The molecule has 1 saturated heterocycles. The first-order valence-corrected chi connectivity index (χ1v) is 16.4. The van der Waals surface area contributed by atoms with Crippen LogP contribution in [0.5, 0.6) is 0 Å². The molecule has 2 fully saturated rings. The molecule has 3 unspecified atom stereocenters. The maximum absolute atomic E-state index is 13.5. The Kier molecular flexibility index (Phi) is 8.63. The number of hydrazine groups is 1. The van der Waals surface area contributed by atoms with Gasteiger partial charge in [-0.1, -0.05) is 31.7 Å². The van der Waals surface area contributed by atoms with E-state index in [2.05, 4.69) is 65.9 Å². The van der Waals surface area contributed by atoms with Gasteiger partial charge in [0.1, 0.15) is 11.9 Å². The predicted octanol–water partition coefficient (Wildman–Crippen LogP) is 2.21. The van der Waals surface area contributed by atoms with Crippen molar-refractivity contribution in [2.45, 2.75) is 69.4 Å². The number of nitrogens with zero attached hydrogens (tertiary/aromatic N) is 5. The molecule has 6 rings (SSSR count). The van der Waals surface area contributed by atoms with Crippen LogP contribution in [0.15, 0.2) is 48.0 Å². The lowest BCUT2D eigenvalue weighted by Crippen LogP contribution is -2.51. The van der Waals surface area contributed by atoms with E-state index < -0.39 is 11.8 Å². The lowest BCUT2D eigenvalue weighted by molar-refractivity contribution is -0.131. The van der Waals surface area contributed by atoms with E-state index in [1.54, 1.807) is 23.9 Å². The number of likely N-dealkylation sites (tertiary alicyclic amines) is 1. The van der Waals surface area contributed by atoms with Gasteiger partial charge in [-0.15, -0.1) is 0 Å². The number of fused-ring (bicyclic) bond motifs is 3. The number of hydrogen-bond acceptors (Lipinski definition) is 9. The summed E-state index contributed by atoms with van der Waals surface area (Å²) < 4.78 is 0. The van der Waals surface area contributed by atoms with Gasteiger partial charge in [0.2, 0.25) is 12.3 Å². The quantitative estimate of drug-likeness (QED) is 0.329. The van der Waals surface area contributed by atoms with Crippen LogP contribution in [0.4, 0.5) is 0 Å². The van der Waals surface area contributed by atoms with Crippen molar-refractivity contribution in [3.8, 4) is 6.07 Å². The van der Waals surface area contributed by atoms with Gasteiger partial charge in [0.15, 0.2) is 0 Å². The summed E-state index contributed by atoms with van der Waals surface area (Å²) in [7, 11) is 7.44. The van der Waals surface area contributed by atoms with Crippen molar-refractivity contribution >= 4 is 23.3 Å². The van der Waals surface area contributed by atoms with Crippen molar-refractivity contribution in [3.05, 3.63) is 76.4 Å². The molecular weight excluding hydrogens is 592 g/mol. The van der Waals surface area contributed by atoms with Gasteiger partial charge in [-0.3, -0.25) is 9.59 Å². The summed E-state index contributed by atoms with van der Waals surface area (Å²) >= 11 is 0. The molecule has 1 saturated carbocycles. The Labute approximate surface area is 277 Å². The first-order valence-electron chi connectivity index (χ1n) is 16.4. The first-order chi connectivity index (χ1) is 22.4. The number of benzene rings is 2. The minimum atomic E-state index is -1.13. The molecule has 248 valence electrons. The number of nitriles is 1. The molecule has 2 aliphatic carbocycles. The number of rotatable bonds is 9. The molecule has 2 aliphatic heterocycles. The molecule has 0 aromatic heterocycles. The van der Waals surface area contributed by atoms with E-state index in [1.807, 2.05) is 37.2 Å². The van der Waals surface area contributed by atoms with Crippen LogP contribution in [-0.2, 0) is 23.1 Å². The van der Waals surface area contributed by atoms with Crippen molar-refractivity contribution < 1.29 is 14.7 Å². The Morgan fingerprint density at radius 2 is 1.77 bits per heavy atom. The highest BCUT2D eigenvalue weighted by atomic mass is 16.3. The largest absolute Gasteiger partial charge is 0.378 e. The summed E-state index contributed by atoms with van der Waals surface area (Å²) in [6.45, 7) is 8.61. The third-order valence-electron chi connectivity index (χ3n) is 10.6. The molecule has 2 aromatic rings. The smallest absolute Gasteiger partial charge is 0.253 e. The Hall–Kier alpha value is -4.24. The van der Waals surface area contributed by atoms with E-state index in [0.29, 0.717) is 36.1 Å². The molecule has 2 aromatic carbocycles. The van der Waals surface area contributed by atoms with Crippen LogP contribution in [0.3, 0.4) is 0 Å². The van der Waals surface area contributed by atoms with Crippen LogP contribution in [0, 0.1) is 23.2 Å². The Bertz CT molecular complexity index is 1600. The molecule has 2 amide bonds. The number of carbonyl (C=O) groups is 2. The zero-order valence-electron chi connectivity index (χ0n) is 28.2. The van der Waals surface area contributed by atoms with Crippen molar-refractivity contribution in [1.29, 1.82) is 5.26 Å². The second kappa shape index (κ2) is 12.4. The van der Waals surface area contributed by atoms with Crippen molar-refractivity contribution in [1.82, 2.24) is 30.9 Å². The Morgan fingerprint density at radius 1 is 1.13 bits per heavy atom. The monoisotopic (exact) mass is 638 g/mol.